The topological polar surface area (TPSA) is 84.0 Å². The maximum atomic E-state index is 12.6. The van der Waals surface area contributed by atoms with E-state index in [0.29, 0.717) is 11.1 Å². The Kier molecular flexibility index (Phi) is 6.01. The average Bonchev–Trinajstić information content (AvgIpc) is 2.90. The van der Waals surface area contributed by atoms with E-state index in [1.54, 1.807) is 30.5 Å². The molecule has 0 atom stereocenters. The minimum atomic E-state index is -0.258. The SMILES string of the molecule is Cc1ccc(NC(=O)c2ccccc2)cc1-c1ccc2nc(NC(=O)c3ccccc3)ncc2c1. The van der Waals surface area contributed by atoms with E-state index in [2.05, 4.69) is 20.6 Å². The summed E-state index contributed by atoms with van der Waals surface area (Å²) in [6, 6.07) is 29.8. The summed E-state index contributed by atoms with van der Waals surface area (Å²) < 4.78 is 0. The fraction of sp³-hybridized carbons (Fsp3) is 0.0345. The third-order valence-corrected chi connectivity index (χ3v) is 5.68. The highest BCUT2D eigenvalue weighted by Gasteiger charge is 2.11. The molecule has 0 aliphatic heterocycles. The molecule has 0 saturated carbocycles. The van der Waals surface area contributed by atoms with Gasteiger partial charge in [-0.2, -0.15) is 0 Å². The van der Waals surface area contributed by atoms with Gasteiger partial charge in [0.2, 0.25) is 5.95 Å². The zero-order chi connectivity index (χ0) is 24.2. The van der Waals surface area contributed by atoms with Crippen molar-refractivity contribution < 1.29 is 9.59 Å². The lowest BCUT2D eigenvalue weighted by Crippen LogP contribution is -2.13. The van der Waals surface area contributed by atoms with Crippen molar-refractivity contribution in [3.63, 3.8) is 0 Å². The largest absolute Gasteiger partial charge is 0.322 e. The van der Waals surface area contributed by atoms with Crippen molar-refractivity contribution in [3.8, 4) is 11.1 Å². The Bertz CT molecular complexity index is 1530. The van der Waals surface area contributed by atoms with Gasteiger partial charge in [-0.1, -0.05) is 48.5 Å². The number of nitrogens with one attached hydrogen (secondary N) is 2. The number of rotatable bonds is 5. The number of amides is 2. The van der Waals surface area contributed by atoms with E-state index in [4.69, 9.17) is 0 Å². The Labute approximate surface area is 202 Å². The van der Waals surface area contributed by atoms with Crippen molar-refractivity contribution in [2.75, 3.05) is 10.6 Å². The summed E-state index contributed by atoms with van der Waals surface area (Å²) in [4.78, 5) is 33.8. The number of carbonyl (C=O) groups excluding carboxylic acids is 2. The summed E-state index contributed by atoms with van der Waals surface area (Å²) in [5.41, 5.74) is 5.64. The summed E-state index contributed by atoms with van der Waals surface area (Å²) in [6.45, 7) is 2.03. The third-order valence-electron chi connectivity index (χ3n) is 5.68. The van der Waals surface area contributed by atoms with Gasteiger partial charge in [-0.25, -0.2) is 9.97 Å². The van der Waals surface area contributed by atoms with Gasteiger partial charge >= 0.3 is 0 Å². The summed E-state index contributed by atoms with van der Waals surface area (Å²) in [5, 5.41) is 6.56. The number of hydrogen-bond acceptors (Lipinski definition) is 4. The molecule has 4 aromatic carbocycles. The second-order valence-corrected chi connectivity index (χ2v) is 8.14. The maximum Gasteiger partial charge on any atom is 0.258 e. The summed E-state index contributed by atoms with van der Waals surface area (Å²) in [5.74, 6) is -0.162. The first-order chi connectivity index (χ1) is 17.1. The minimum absolute atomic E-state index is 0.155. The van der Waals surface area contributed by atoms with Crippen molar-refractivity contribution in [2.45, 2.75) is 6.92 Å². The second kappa shape index (κ2) is 9.57. The lowest BCUT2D eigenvalue weighted by Gasteiger charge is -2.12. The highest BCUT2D eigenvalue weighted by Crippen LogP contribution is 2.29. The van der Waals surface area contributed by atoms with E-state index in [9.17, 15) is 9.59 Å². The standard InChI is InChI=1S/C29H22N4O2/c1-19-12-14-24(31-27(34)20-8-4-2-5-9-20)17-25(19)22-13-15-26-23(16-22)18-30-29(32-26)33-28(35)21-10-6-3-7-11-21/h2-18H,1H3,(H,31,34)(H,30,32,33,35). The molecule has 0 aliphatic rings. The maximum absolute atomic E-state index is 12.6. The van der Waals surface area contributed by atoms with Crippen LogP contribution in [0.5, 0.6) is 0 Å². The molecule has 0 saturated heterocycles. The smallest absolute Gasteiger partial charge is 0.258 e. The zero-order valence-electron chi connectivity index (χ0n) is 19.0. The van der Waals surface area contributed by atoms with Crippen LogP contribution in [0.15, 0.2) is 103 Å². The molecule has 1 aromatic heterocycles. The van der Waals surface area contributed by atoms with Gasteiger partial charge in [0.25, 0.3) is 11.8 Å². The molecule has 0 fully saturated rings. The first kappa shape index (κ1) is 22.0. The van der Waals surface area contributed by atoms with E-state index in [0.717, 1.165) is 33.3 Å². The normalized spacial score (nSPS) is 10.7. The zero-order valence-corrected chi connectivity index (χ0v) is 19.0. The van der Waals surface area contributed by atoms with E-state index in [1.807, 2.05) is 79.7 Å². The first-order valence-electron chi connectivity index (χ1n) is 11.2. The predicted octanol–water partition coefficient (Wildman–Crippen LogP) is 6.11. The summed E-state index contributed by atoms with van der Waals surface area (Å²) in [7, 11) is 0. The molecule has 170 valence electrons. The van der Waals surface area contributed by atoms with Crippen LogP contribution in [0.25, 0.3) is 22.0 Å². The molecule has 6 heteroatoms. The average molecular weight is 459 g/mol. The van der Waals surface area contributed by atoms with E-state index < -0.39 is 0 Å². The number of hydrogen-bond donors (Lipinski definition) is 2. The third kappa shape index (κ3) is 4.91. The van der Waals surface area contributed by atoms with Gasteiger partial charge in [-0.3, -0.25) is 14.9 Å². The monoisotopic (exact) mass is 458 g/mol. The molecule has 0 radical (unpaired) electrons. The van der Waals surface area contributed by atoms with Crippen molar-refractivity contribution in [1.82, 2.24) is 9.97 Å². The molecule has 0 unspecified atom stereocenters. The first-order valence-corrected chi connectivity index (χ1v) is 11.2. The van der Waals surface area contributed by atoms with Crippen LogP contribution >= 0.6 is 0 Å². The van der Waals surface area contributed by atoms with Crippen LogP contribution in [0.1, 0.15) is 26.3 Å². The second-order valence-electron chi connectivity index (χ2n) is 8.14. The Morgan fingerprint density at radius 3 is 2.06 bits per heavy atom. The van der Waals surface area contributed by atoms with Crippen molar-refractivity contribution in [2.24, 2.45) is 0 Å². The Balaban J connectivity index is 1.39. The molecule has 0 spiro atoms. The molecular formula is C29H22N4O2. The van der Waals surface area contributed by atoms with Gasteiger partial charge in [0.05, 0.1) is 5.52 Å². The molecule has 5 rings (SSSR count). The van der Waals surface area contributed by atoms with Crippen molar-refractivity contribution in [1.29, 1.82) is 0 Å². The molecule has 6 nitrogen and oxygen atoms in total. The number of anilines is 2. The van der Waals surface area contributed by atoms with Crippen molar-refractivity contribution >= 4 is 34.4 Å². The number of carbonyl (C=O) groups is 2. The van der Waals surface area contributed by atoms with Gasteiger partial charge in [0.1, 0.15) is 0 Å². The van der Waals surface area contributed by atoms with Crippen LogP contribution in [0, 0.1) is 6.92 Å². The van der Waals surface area contributed by atoms with Gasteiger partial charge < -0.3 is 5.32 Å². The fourth-order valence-corrected chi connectivity index (χ4v) is 3.83. The van der Waals surface area contributed by atoms with Crippen LogP contribution in [0.4, 0.5) is 11.6 Å². The summed E-state index contributed by atoms with van der Waals surface area (Å²) in [6.07, 6.45) is 1.70. The van der Waals surface area contributed by atoms with Crippen LogP contribution < -0.4 is 10.6 Å². The van der Waals surface area contributed by atoms with E-state index in [1.165, 1.54) is 0 Å². The Morgan fingerprint density at radius 1 is 0.714 bits per heavy atom. The highest BCUT2D eigenvalue weighted by atomic mass is 16.2. The summed E-state index contributed by atoms with van der Waals surface area (Å²) >= 11 is 0. The molecule has 2 N–H and O–H groups in total. The minimum Gasteiger partial charge on any atom is -0.322 e. The molecule has 35 heavy (non-hydrogen) atoms. The van der Waals surface area contributed by atoms with Gasteiger partial charge in [-0.15, -0.1) is 0 Å². The highest BCUT2D eigenvalue weighted by molar-refractivity contribution is 6.05. The van der Waals surface area contributed by atoms with Gasteiger partial charge in [-0.05, 0) is 72.1 Å². The Hall–Kier alpha value is -4.84. The molecule has 0 bridgehead atoms. The number of fused-ring (bicyclic) bond motifs is 1. The predicted molar refractivity (Wildman–Crippen MR) is 139 cm³/mol. The molecular weight excluding hydrogens is 436 g/mol. The fourth-order valence-electron chi connectivity index (χ4n) is 3.83. The molecule has 1 heterocycles. The van der Waals surface area contributed by atoms with Gasteiger partial charge in [0.15, 0.2) is 0 Å². The van der Waals surface area contributed by atoms with E-state index >= 15 is 0 Å². The van der Waals surface area contributed by atoms with Gasteiger partial charge in [0, 0.05) is 28.4 Å². The lowest BCUT2D eigenvalue weighted by atomic mass is 9.98. The van der Waals surface area contributed by atoms with Crippen LogP contribution in [0.3, 0.4) is 0 Å². The van der Waals surface area contributed by atoms with Crippen molar-refractivity contribution in [3.05, 3.63) is 120 Å². The molecule has 5 aromatic rings. The van der Waals surface area contributed by atoms with Crippen LogP contribution in [-0.4, -0.2) is 21.8 Å². The van der Waals surface area contributed by atoms with Crippen LogP contribution in [0.2, 0.25) is 0 Å². The molecule has 2 amide bonds. The number of benzene rings is 4. The lowest BCUT2D eigenvalue weighted by molar-refractivity contribution is 0.101. The van der Waals surface area contributed by atoms with E-state index in [-0.39, 0.29) is 17.8 Å². The number of aryl methyl sites for hydroxylation is 1. The number of nitrogens with zero attached hydrogens (tertiary/aromatic N) is 2. The molecule has 0 aliphatic carbocycles. The quantitative estimate of drug-likeness (QED) is 0.333. The van der Waals surface area contributed by atoms with Crippen LogP contribution in [-0.2, 0) is 0 Å². The number of aromatic nitrogens is 2. The Morgan fingerprint density at radius 2 is 1.37 bits per heavy atom.